The van der Waals surface area contributed by atoms with E-state index in [0.717, 1.165) is 0 Å². The van der Waals surface area contributed by atoms with Gasteiger partial charge in [0.2, 0.25) is 15.9 Å². The number of hydrogen-bond acceptors (Lipinski definition) is 5. The number of carboxylic acids is 1. The van der Waals surface area contributed by atoms with E-state index in [1.807, 2.05) is 0 Å². The molecule has 0 aliphatic heterocycles. The standard InChI is InChI=1S/C14H20N2O5S/c1-4-9(2)13(14(18)19)16-22(20,21)12-7-5-11(6-8-12)15-10(3)17/h5-9,13,16H,4H2,1-3H3,(H,15,17)(H,18,19)/p-1. The van der Waals surface area contributed by atoms with Gasteiger partial charge in [-0.05, 0) is 30.2 Å². The van der Waals surface area contributed by atoms with Crippen LogP contribution in [0.3, 0.4) is 0 Å². The van der Waals surface area contributed by atoms with Crippen molar-refractivity contribution in [3.8, 4) is 0 Å². The highest BCUT2D eigenvalue weighted by molar-refractivity contribution is 7.89. The normalized spacial score (nSPS) is 14.1. The van der Waals surface area contributed by atoms with Crippen LogP contribution in [0.2, 0.25) is 0 Å². The molecule has 0 saturated heterocycles. The SMILES string of the molecule is CCC(C)C(NS(=O)(=O)c1ccc(NC(C)=O)cc1)C(=O)[O-]. The fourth-order valence-electron chi connectivity index (χ4n) is 1.79. The minimum atomic E-state index is -3.99. The summed E-state index contributed by atoms with van der Waals surface area (Å²) >= 11 is 0. The number of sulfonamides is 1. The Morgan fingerprint density at radius 2 is 1.77 bits per heavy atom. The van der Waals surface area contributed by atoms with Gasteiger partial charge in [0.15, 0.2) is 0 Å². The van der Waals surface area contributed by atoms with E-state index in [9.17, 15) is 23.1 Å². The lowest BCUT2D eigenvalue weighted by molar-refractivity contribution is -0.309. The molecule has 1 aromatic rings. The fourth-order valence-corrected chi connectivity index (χ4v) is 3.08. The van der Waals surface area contributed by atoms with E-state index >= 15 is 0 Å². The Morgan fingerprint density at radius 3 is 2.18 bits per heavy atom. The van der Waals surface area contributed by atoms with Crippen LogP contribution < -0.4 is 15.1 Å². The minimum absolute atomic E-state index is 0.0869. The number of nitrogens with one attached hydrogen (secondary N) is 2. The highest BCUT2D eigenvalue weighted by Crippen LogP contribution is 2.16. The zero-order valence-corrected chi connectivity index (χ0v) is 13.4. The fraction of sp³-hybridized carbons (Fsp3) is 0.429. The lowest BCUT2D eigenvalue weighted by Crippen LogP contribution is -2.51. The Kier molecular flexibility index (Phi) is 6.07. The summed E-state index contributed by atoms with van der Waals surface area (Å²) in [7, 11) is -3.99. The number of rotatable bonds is 7. The summed E-state index contributed by atoms with van der Waals surface area (Å²) in [5.74, 6) is -2.14. The Balaban J connectivity index is 2.98. The number of anilines is 1. The number of hydrogen-bond donors (Lipinski definition) is 2. The van der Waals surface area contributed by atoms with Gasteiger partial charge in [-0.3, -0.25) is 4.79 Å². The van der Waals surface area contributed by atoms with Crippen LogP contribution in [0.25, 0.3) is 0 Å². The summed E-state index contributed by atoms with van der Waals surface area (Å²) in [5, 5.41) is 13.6. The first-order valence-corrected chi connectivity index (χ1v) is 8.26. The summed E-state index contributed by atoms with van der Waals surface area (Å²) in [6, 6.07) is 4.12. The molecule has 0 aliphatic rings. The first-order valence-electron chi connectivity index (χ1n) is 6.78. The van der Waals surface area contributed by atoms with Gasteiger partial charge in [0.05, 0.1) is 16.9 Å². The molecule has 0 radical (unpaired) electrons. The van der Waals surface area contributed by atoms with Crippen LogP contribution in [-0.4, -0.2) is 26.3 Å². The smallest absolute Gasteiger partial charge is 0.241 e. The number of carbonyl (C=O) groups excluding carboxylic acids is 2. The molecule has 0 heterocycles. The van der Waals surface area contributed by atoms with Gasteiger partial charge in [-0.2, -0.15) is 0 Å². The van der Waals surface area contributed by atoms with Crippen LogP contribution in [0.5, 0.6) is 0 Å². The van der Waals surface area contributed by atoms with Gasteiger partial charge >= 0.3 is 0 Å². The Bertz CT molecular complexity index is 640. The van der Waals surface area contributed by atoms with Gasteiger partial charge in [-0.1, -0.05) is 20.3 Å². The molecule has 0 spiro atoms. The van der Waals surface area contributed by atoms with Gasteiger partial charge in [0, 0.05) is 12.6 Å². The Hall–Kier alpha value is -1.93. The monoisotopic (exact) mass is 327 g/mol. The molecule has 0 bridgehead atoms. The third kappa shape index (κ3) is 4.81. The minimum Gasteiger partial charge on any atom is -0.548 e. The lowest BCUT2D eigenvalue weighted by Gasteiger charge is -2.24. The molecule has 22 heavy (non-hydrogen) atoms. The number of carboxylic acid groups (broad SMARTS) is 1. The first-order chi connectivity index (χ1) is 10.2. The van der Waals surface area contributed by atoms with Crippen molar-refractivity contribution in [3.05, 3.63) is 24.3 Å². The van der Waals surface area contributed by atoms with E-state index in [-0.39, 0.29) is 10.8 Å². The van der Waals surface area contributed by atoms with Crippen molar-refractivity contribution in [2.45, 2.75) is 38.1 Å². The van der Waals surface area contributed by atoms with E-state index in [2.05, 4.69) is 10.0 Å². The number of carbonyl (C=O) groups is 2. The third-order valence-electron chi connectivity index (χ3n) is 3.23. The summed E-state index contributed by atoms with van der Waals surface area (Å²) in [6.07, 6.45) is 0.489. The van der Waals surface area contributed by atoms with Crippen molar-refractivity contribution in [2.75, 3.05) is 5.32 Å². The molecule has 2 N–H and O–H groups in total. The van der Waals surface area contributed by atoms with Crippen molar-refractivity contribution in [3.63, 3.8) is 0 Å². The van der Waals surface area contributed by atoms with E-state index in [0.29, 0.717) is 12.1 Å². The molecular weight excluding hydrogens is 308 g/mol. The lowest BCUT2D eigenvalue weighted by atomic mass is 10.0. The molecule has 2 unspecified atom stereocenters. The van der Waals surface area contributed by atoms with Crippen molar-refractivity contribution >= 4 is 27.6 Å². The number of aliphatic carboxylic acids is 1. The van der Waals surface area contributed by atoms with E-state index in [4.69, 9.17) is 0 Å². The van der Waals surface area contributed by atoms with Gasteiger partial charge in [-0.25, -0.2) is 13.1 Å². The summed E-state index contributed by atoms with van der Waals surface area (Å²) < 4.78 is 26.6. The highest BCUT2D eigenvalue weighted by Gasteiger charge is 2.24. The largest absolute Gasteiger partial charge is 0.548 e. The van der Waals surface area contributed by atoms with Crippen molar-refractivity contribution in [1.29, 1.82) is 0 Å². The molecule has 2 atom stereocenters. The van der Waals surface area contributed by atoms with Crippen molar-refractivity contribution < 1.29 is 23.1 Å². The van der Waals surface area contributed by atoms with Crippen LogP contribution >= 0.6 is 0 Å². The Morgan fingerprint density at radius 1 is 1.23 bits per heavy atom. The van der Waals surface area contributed by atoms with Crippen LogP contribution in [0.1, 0.15) is 27.2 Å². The van der Waals surface area contributed by atoms with Gasteiger partial charge in [-0.15, -0.1) is 0 Å². The predicted octanol–water partition coefficient (Wildman–Crippen LogP) is 0.0879. The summed E-state index contributed by atoms with van der Waals surface area (Å²) in [6.45, 7) is 4.72. The molecular formula is C14H19N2O5S-. The topological polar surface area (TPSA) is 115 Å². The maximum atomic E-state index is 12.2. The quantitative estimate of drug-likeness (QED) is 0.736. The Labute approximate surface area is 129 Å². The molecule has 0 aliphatic carbocycles. The molecule has 8 heteroatoms. The second-order valence-electron chi connectivity index (χ2n) is 5.01. The molecule has 1 amide bonds. The zero-order chi connectivity index (χ0) is 16.9. The van der Waals surface area contributed by atoms with Crippen molar-refractivity contribution in [1.82, 2.24) is 4.72 Å². The van der Waals surface area contributed by atoms with E-state index in [1.165, 1.54) is 31.2 Å². The van der Waals surface area contributed by atoms with Gasteiger partial charge in [0.25, 0.3) is 0 Å². The van der Waals surface area contributed by atoms with Crippen LogP contribution in [-0.2, 0) is 19.6 Å². The molecule has 1 aromatic carbocycles. The van der Waals surface area contributed by atoms with E-state index in [1.54, 1.807) is 13.8 Å². The molecule has 122 valence electrons. The van der Waals surface area contributed by atoms with Gasteiger partial charge in [0.1, 0.15) is 0 Å². The summed E-state index contributed by atoms with van der Waals surface area (Å²) in [4.78, 5) is 21.9. The van der Waals surface area contributed by atoms with Crippen molar-refractivity contribution in [2.24, 2.45) is 5.92 Å². The first kappa shape index (κ1) is 18.1. The third-order valence-corrected chi connectivity index (χ3v) is 4.69. The highest BCUT2D eigenvalue weighted by atomic mass is 32.2. The van der Waals surface area contributed by atoms with Crippen LogP contribution in [0, 0.1) is 5.92 Å². The maximum Gasteiger partial charge on any atom is 0.241 e. The van der Waals surface area contributed by atoms with Crippen LogP contribution in [0.4, 0.5) is 5.69 Å². The molecule has 1 rings (SSSR count). The second-order valence-corrected chi connectivity index (χ2v) is 6.72. The average molecular weight is 327 g/mol. The van der Waals surface area contributed by atoms with Crippen LogP contribution in [0.15, 0.2) is 29.2 Å². The average Bonchev–Trinajstić information content (AvgIpc) is 2.43. The maximum absolute atomic E-state index is 12.2. The number of benzene rings is 1. The molecule has 0 saturated carbocycles. The van der Waals surface area contributed by atoms with Gasteiger partial charge < -0.3 is 15.2 Å². The number of amides is 1. The molecule has 0 fully saturated rings. The zero-order valence-electron chi connectivity index (χ0n) is 12.6. The summed E-state index contributed by atoms with van der Waals surface area (Å²) in [5.41, 5.74) is 0.449. The van der Waals surface area contributed by atoms with E-state index < -0.39 is 28.0 Å². The molecule has 7 nitrogen and oxygen atoms in total. The predicted molar refractivity (Wildman–Crippen MR) is 79.3 cm³/mol. The molecule has 0 aromatic heterocycles. The second kappa shape index (κ2) is 7.37.